The van der Waals surface area contributed by atoms with Gasteiger partial charge in [-0.3, -0.25) is 14.5 Å². The van der Waals surface area contributed by atoms with Crippen LogP contribution in [0, 0.1) is 5.41 Å². The second kappa shape index (κ2) is 8.00. The molecule has 30 heavy (non-hydrogen) atoms. The zero-order valence-corrected chi connectivity index (χ0v) is 17.2. The molecule has 1 aromatic heterocycles. The van der Waals surface area contributed by atoms with E-state index in [9.17, 15) is 9.59 Å². The van der Waals surface area contributed by atoms with Gasteiger partial charge >= 0.3 is 0 Å². The minimum absolute atomic E-state index is 0.0157. The number of hydrogen-bond acceptors (Lipinski definition) is 6. The van der Waals surface area contributed by atoms with E-state index >= 15 is 0 Å². The highest BCUT2D eigenvalue weighted by molar-refractivity contribution is 5.87. The van der Waals surface area contributed by atoms with Gasteiger partial charge in [0.2, 0.25) is 17.7 Å². The summed E-state index contributed by atoms with van der Waals surface area (Å²) in [5, 5.41) is 0. The number of ether oxygens (including phenoxy) is 1. The molecule has 1 spiro atoms. The van der Waals surface area contributed by atoms with E-state index in [1.54, 1.807) is 0 Å². The maximum Gasteiger partial charge on any atom is 0.231 e. The fourth-order valence-electron chi connectivity index (χ4n) is 4.89. The third-order valence-corrected chi connectivity index (χ3v) is 6.74. The van der Waals surface area contributed by atoms with Crippen LogP contribution < -0.4 is 0 Å². The number of benzene rings is 1. The molecule has 0 saturated carbocycles. The molecule has 0 N–H and O–H groups in total. The molecule has 2 aromatic rings. The molecule has 5 rings (SSSR count). The van der Waals surface area contributed by atoms with Gasteiger partial charge < -0.3 is 19.0 Å². The van der Waals surface area contributed by atoms with E-state index in [2.05, 4.69) is 9.88 Å². The zero-order chi connectivity index (χ0) is 20.6. The van der Waals surface area contributed by atoms with E-state index in [4.69, 9.17) is 9.15 Å². The normalized spacial score (nSPS) is 25.1. The minimum atomic E-state index is -0.401. The number of amides is 2. The monoisotopic (exact) mass is 412 g/mol. The van der Waals surface area contributed by atoms with Gasteiger partial charge in [0.25, 0.3) is 0 Å². The lowest BCUT2D eigenvalue weighted by Crippen LogP contribution is -2.44. The summed E-state index contributed by atoms with van der Waals surface area (Å²) in [4.78, 5) is 36.6. The minimum Gasteiger partial charge on any atom is -0.440 e. The number of morpholine rings is 1. The van der Waals surface area contributed by atoms with Gasteiger partial charge in [0.1, 0.15) is 11.9 Å². The smallest absolute Gasteiger partial charge is 0.231 e. The number of carbonyl (C=O) groups excluding carboxylic acids is 2. The van der Waals surface area contributed by atoms with Gasteiger partial charge in [0.15, 0.2) is 5.58 Å². The van der Waals surface area contributed by atoms with Crippen molar-refractivity contribution < 1.29 is 18.7 Å². The van der Waals surface area contributed by atoms with Crippen LogP contribution in [-0.2, 0) is 20.7 Å². The van der Waals surface area contributed by atoms with Gasteiger partial charge in [-0.15, -0.1) is 0 Å². The molecular weight excluding hydrogens is 384 g/mol. The third-order valence-electron chi connectivity index (χ3n) is 6.74. The standard InChI is InChI=1S/C22H28N4O4/c27-20(15-19-23-17-3-1-2-4-18(17)30-19)26-8-6-22(16-26)5-7-25(21(22)28)10-9-24-11-13-29-14-12-24/h1-4H,5-16H2. The number of hydrogen-bond donors (Lipinski definition) is 0. The average molecular weight is 412 g/mol. The van der Waals surface area contributed by atoms with E-state index < -0.39 is 5.41 Å². The summed E-state index contributed by atoms with van der Waals surface area (Å²) in [6, 6.07) is 7.52. The number of rotatable bonds is 5. The Morgan fingerprint density at radius 2 is 1.87 bits per heavy atom. The van der Waals surface area contributed by atoms with E-state index in [0.717, 1.165) is 64.3 Å². The van der Waals surface area contributed by atoms with Crippen molar-refractivity contribution in [3.05, 3.63) is 30.2 Å². The second-order valence-electron chi connectivity index (χ2n) is 8.59. The van der Waals surface area contributed by atoms with Crippen molar-refractivity contribution in [2.75, 3.05) is 59.0 Å². The van der Waals surface area contributed by atoms with Gasteiger partial charge in [-0.05, 0) is 25.0 Å². The summed E-state index contributed by atoms with van der Waals surface area (Å²) in [6.07, 6.45) is 1.72. The maximum atomic E-state index is 13.2. The first-order valence-electron chi connectivity index (χ1n) is 10.8. The molecular formula is C22H28N4O4. The van der Waals surface area contributed by atoms with E-state index in [0.29, 0.717) is 24.6 Å². The van der Waals surface area contributed by atoms with E-state index in [-0.39, 0.29) is 18.2 Å². The van der Waals surface area contributed by atoms with Crippen molar-refractivity contribution in [2.24, 2.45) is 5.41 Å². The largest absolute Gasteiger partial charge is 0.440 e. The number of para-hydroxylation sites is 2. The molecule has 0 aliphatic carbocycles. The zero-order valence-electron chi connectivity index (χ0n) is 17.2. The summed E-state index contributed by atoms with van der Waals surface area (Å²) < 4.78 is 11.1. The first kappa shape index (κ1) is 19.5. The Morgan fingerprint density at radius 3 is 2.70 bits per heavy atom. The molecule has 0 radical (unpaired) electrons. The van der Waals surface area contributed by atoms with Gasteiger partial charge in [-0.2, -0.15) is 0 Å². The van der Waals surface area contributed by atoms with Crippen molar-refractivity contribution in [3.63, 3.8) is 0 Å². The number of likely N-dealkylation sites (tertiary alicyclic amines) is 2. The van der Waals surface area contributed by atoms with Crippen LogP contribution in [-0.4, -0.2) is 90.5 Å². The molecule has 1 atom stereocenters. The Morgan fingerprint density at radius 1 is 1.07 bits per heavy atom. The molecule has 8 heteroatoms. The quantitative estimate of drug-likeness (QED) is 0.733. The molecule has 8 nitrogen and oxygen atoms in total. The van der Waals surface area contributed by atoms with E-state index in [1.807, 2.05) is 34.1 Å². The summed E-state index contributed by atoms with van der Waals surface area (Å²) in [6.45, 7) is 7.00. The summed E-state index contributed by atoms with van der Waals surface area (Å²) in [5.41, 5.74) is 1.06. The molecule has 4 heterocycles. The Balaban J connectivity index is 1.17. The predicted octanol–water partition coefficient (Wildman–Crippen LogP) is 1.15. The Hall–Kier alpha value is -2.45. The number of aromatic nitrogens is 1. The van der Waals surface area contributed by atoms with Crippen LogP contribution >= 0.6 is 0 Å². The van der Waals surface area contributed by atoms with Crippen LogP contribution in [0.25, 0.3) is 11.1 Å². The molecule has 3 saturated heterocycles. The Kier molecular flexibility index (Phi) is 5.20. The molecule has 0 bridgehead atoms. The van der Waals surface area contributed by atoms with Gasteiger partial charge in [-0.25, -0.2) is 4.98 Å². The van der Waals surface area contributed by atoms with Crippen molar-refractivity contribution in [3.8, 4) is 0 Å². The first-order chi connectivity index (χ1) is 14.6. The lowest BCUT2D eigenvalue weighted by molar-refractivity contribution is -0.136. The fourth-order valence-corrected chi connectivity index (χ4v) is 4.89. The highest BCUT2D eigenvalue weighted by Gasteiger charge is 2.51. The molecule has 3 aliphatic heterocycles. The fraction of sp³-hybridized carbons (Fsp3) is 0.591. The average Bonchev–Trinajstić information content (AvgIpc) is 3.46. The van der Waals surface area contributed by atoms with Crippen LogP contribution in [0.3, 0.4) is 0 Å². The topological polar surface area (TPSA) is 79.1 Å². The Bertz CT molecular complexity index is 905. The lowest BCUT2D eigenvalue weighted by Gasteiger charge is -2.29. The summed E-state index contributed by atoms with van der Waals surface area (Å²) >= 11 is 0. The highest BCUT2D eigenvalue weighted by atomic mass is 16.5. The maximum absolute atomic E-state index is 13.2. The van der Waals surface area contributed by atoms with Crippen LogP contribution in [0.4, 0.5) is 0 Å². The predicted molar refractivity (Wildman–Crippen MR) is 110 cm³/mol. The molecule has 1 aromatic carbocycles. The molecule has 3 fully saturated rings. The number of nitrogens with zero attached hydrogens (tertiary/aromatic N) is 4. The third kappa shape index (κ3) is 3.70. The van der Waals surface area contributed by atoms with Gasteiger partial charge in [0, 0.05) is 45.8 Å². The highest BCUT2D eigenvalue weighted by Crippen LogP contribution is 2.40. The van der Waals surface area contributed by atoms with Crippen LogP contribution in [0.15, 0.2) is 28.7 Å². The summed E-state index contributed by atoms with van der Waals surface area (Å²) in [5.74, 6) is 0.637. The van der Waals surface area contributed by atoms with Crippen LogP contribution in [0.5, 0.6) is 0 Å². The van der Waals surface area contributed by atoms with E-state index in [1.165, 1.54) is 0 Å². The van der Waals surface area contributed by atoms with Crippen molar-refractivity contribution in [2.45, 2.75) is 19.3 Å². The second-order valence-corrected chi connectivity index (χ2v) is 8.59. The summed E-state index contributed by atoms with van der Waals surface area (Å²) in [7, 11) is 0. The first-order valence-corrected chi connectivity index (χ1v) is 10.8. The van der Waals surface area contributed by atoms with Crippen LogP contribution in [0.2, 0.25) is 0 Å². The van der Waals surface area contributed by atoms with Crippen molar-refractivity contribution in [1.82, 2.24) is 19.7 Å². The van der Waals surface area contributed by atoms with Gasteiger partial charge in [0.05, 0.1) is 18.6 Å². The number of oxazole rings is 1. The number of fused-ring (bicyclic) bond motifs is 1. The molecule has 2 amide bonds. The molecule has 1 unspecified atom stereocenters. The van der Waals surface area contributed by atoms with Crippen LogP contribution in [0.1, 0.15) is 18.7 Å². The molecule has 160 valence electrons. The van der Waals surface area contributed by atoms with Crippen molar-refractivity contribution >= 4 is 22.9 Å². The SMILES string of the molecule is O=C(Cc1nc2ccccc2o1)N1CCC2(CCN(CCN3CCOCC3)C2=O)C1. The number of carbonyl (C=O) groups is 2. The van der Waals surface area contributed by atoms with Crippen molar-refractivity contribution in [1.29, 1.82) is 0 Å². The van der Waals surface area contributed by atoms with Gasteiger partial charge in [-0.1, -0.05) is 12.1 Å². The molecule has 3 aliphatic rings. The Labute approximate surface area is 175 Å². The lowest BCUT2D eigenvalue weighted by atomic mass is 9.85.